The topological polar surface area (TPSA) is 92.6 Å². The number of hydrogen-bond donors (Lipinski definition) is 3. The van der Waals surface area contributed by atoms with Gasteiger partial charge in [0.25, 0.3) is 0 Å². The van der Waals surface area contributed by atoms with E-state index in [1.807, 2.05) is 0 Å². The maximum atomic E-state index is 10.3. The summed E-state index contributed by atoms with van der Waals surface area (Å²) in [5.74, 6) is 3.96. The van der Waals surface area contributed by atoms with Crippen molar-refractivity contribution in [3.8, 4) is 0 Å². The highest BCUT2D eigenvalue weighted by atomic mass is 79.9. The van der Waals surface area contributed by atoms with E-state index in [9.17, 15) is 4.79 Å². The van der Waals surface area contributed by atoms with E-state index >= 15 is 0 Å². The Morgan fingerprint density at radius 1 is 1.70 bits per heavy atom. The molecule has 0 aromatic rings. The van der Waals surface area contributed by atoms with E-state index in [4.69, 9.17) is 16.7 Å². The lowest BCUT2D eigenvalue weighted by atomic mass is 10.5. The second kappa shape index (κ2) is 3.43. The van der Waals surface area contributed by atoms with E-state index in [0.717, 1.165) is 5.01 Å². The second-order valence-corrected chi connectivity index (χ2v) is 2.47. The number of carboxylic acid groups (broad SMARTS) is 1. The van der Waals surface area contributed by atoms with Crippen LogP contribution in [0.4, 0.5) is 0 Å². The van der Waals surface area contributed by atoms with Crippen LogP contribution in [-0.2, 0) is 4.79 Å². The van der Waals surface area contributed by atoms with Gasteiger partial charge in [-0.15, -0.1) is 0 Å². The lowest BCUT2D eigenvalue weighted by Crippen LogP contribution is -2.31. The molecule has 0 atom stereocenters. The number of aliphatic carboxylic acids is 1. The average Bonchev–Trinajstić information content (AvgIpc) is 1.59. The lowest BCUT2D eigenvalue weighted by Gasteiger charge is -2.12. The standard InChI is InChI=1S/C4H8BrN3O2/c1-8(7)2(3(5)6)4(9)10/h6-7H2,1H3,(H,9,10)/b3-2-. The molecule has 0 unspecified atom stereocenters. The highest BCUT2D eigenvalue weighted by Gasteiger charge is 2.12. The van der Waals surface area contributed by atoms with Crippen molar-refractivity contribution in [1.82, 2.24) is 5.01 Å². The molecule has 0 aromatic heterocycles. The molecule has 0 aliphatic carbocycles. The molecular formula is C4H8BrN3O2. The molecule has 6 heteroatoms. The summed E-state index contributed by atoms with van der Waals surface area (Å²) < 4.78 is 0.00463. The third kappa shape index (κ3) is 2.24. The minimum atomic E-state index is -1.17. The highest BCUT2D eigenvalue weighted by molar-refractivity contribution is 9.11. The first-order chi connectivity index (χ1) is 4.46. The molecule has 0 rings (SSSR count). The summed E-state index contributed by atoms with van der Waals surface area (Å²) in [7, 11) is 1.39. The average molecular weight is 210 g/mol. The maximum Gasteiger partial charge on any atom is 0.356 e. The fourth-order valence-electron chi connectivity index (χ4n) is 0.421. The monoisotopic (exact) mass is 209 g/mol. The van der Waals surface area contributed by atoms with E-state index < -0.39 is 5.97 Å². The number of rotatable bonds is 2. The fraction of sp³-hybridized carbons (Fsp3) is 0.250. The van der Waals surface area contributed by atoms with Crippen LogP contribution < -0.4 is 11.6 Å². The van der Waals surface area contributed by atoms with Crippen LogP contribution in [-0.4, -0.2) is 23.1 Å². The fourth-order valence-corrected chi connectivity index (χ4v) is 0.871. The van der Waals surface area contributed by atoms with E-state index in [1.165, 1.54) is 7.05 Å². The van der Waals surface area contributed by atoms with Crippen molar-refractivity contribution in [3.05, 3.63) is 10.3 Å². The van der Waals surface area contributed by atoms with Crippen LogP contribution in [0.1, 0.15) is 0 Å². The van der Waals surface area contributed by atoms with E-state index in [1.54, 1.807) is 0 Å². The highest BCUT2D eigenvalue weighted by Crippen LogP contribution is 2.06. The molecule has 0 bridgehead atoms. The van der Waals surface area contributed by atoms with Gasteiger partial charge in [-0.1, -0.05) is 0 Å². The molecule has 0 fully saturated rings. The molecule has 0 saturated carbocycles. The van der Waals surface area contributed by atoms with E-state index in [2.05, 4.69) is 15.9 Å². The molecular weight excluding hydrogens is 202 g/mol. The number of nitrogens with zero attached hydrogens (tertiary/aromatic N) is 1. The third-order valence-electron chi connectivity index (χ3n) is 0.782. The van der Waals surface area contributed by atoms with Gasteiger partial charge < -0.3 is 15.8 Å². The molecule has 0 saturated heterocycles. The number of carboxylic acids is 1. The van der Waals surface area contributed by atoms with Crippen molar-refractivity contribution in [1.29, 1.82) is 0 Å². The van der Waals surface area contributed by atoms with E-state index in [-0.39, 0.29) is 10.3 Å². The Kier molecular flexibility index (Phi) is 3.17. The first-order valence-electron chi connectivity index (χ1n) is 2.33. The van der Waals surface area contributed by atoms with Crippen molar-refractivity contribution in [3.63, 3.8) is 0 Å². The predicted octanol–water partition coefficient (Wildman–Crippen LogP) is -0.601. The van der Waals surface area contributed by atoms with Crippen LogP contribution >= 0.6 is 15.9 Å². The second-order valence-electron chi connectivity index (χ2n) is 1.61. The summed E-state index contributed by atoms with van der Waals surface area (Å²) in [6.07, 6.45) is 0. The van der Waals surface area contributed by atoms with Gasteiger partial charge in [0, 0.05) is 7.05 Å². The molecule has 5 N–H and O–H groups in total. The van der Waals surface area contributed by atoms with Gasteiger partial charge in [-0.2, -0.15) is 0 Å². The van der Waals surface area contributed by atoms with Crippen LogP contribution in [0.25, 0.3) is 0 Å². The van der Waals surface area contributed by atoms with Gasteiger partial charge in [0.2, 0.25) is 0 Å². The minimum absolute atomic E-state index is 0.00463. The number of likely N-dealkylation sites (N-methyl/N-ethyl adjacent to an activating group) is 1. The molecule has 0 aliphatic heterocycles. The summed E-state index contributed by atoms with van der Waals surface area (Å²) in [5.41, 5.74) is 4.97. The lowest BCUT2D eigenvalue weighted by molar-refractivity contribution is -0.134. The summed E-state index contributed by atoms with van der Waals surface area (Å²) in [4.78, 5) is 10.3. The molecule has 5 nitrogen and oxygen atoms in total. The van der Waals surface area contributed by atoms with Gasteiger partial charge in [-0.3, -0.25) is 0 Å². The van der Waals surface area contributed by atoms with Gasteiger partial charge in [0.05, 0.1) is 0 Å². The van der Waals surface area contributed by atoms with Crippen molar-refractivity contribution >= 4 is 21.9 Å². The number of carbonyl (C=O) groups is 1. The zero-order chi connectivity index (χ0) is 8.31. The molecule has 0 amide bonds. The Morgan fingerprint density at radius 3 is 2.10 bits per heavy atom. The quantitative estimate of drug-likeness (QED) is 0.245. The first kappa shape index (κ1) is 9.25. The zero-order valence-electron chi connectivity index (χ0n) is 5.34. The van der Waals surface area contributed by atoms with Crippen LogP contribution in [0.3, 0.4) is 0 Å². The largest absolute Gasteiger partial charge is 0.476 e. The molecule has 0 spiro atoms. The summed E-state index contributed by atoms with van der Waals surface area (Å²) in [6, 6.07) is 0. The van der Waals surface area contributed by atoms with Gasteiger partial charge in [-0.05, 0) is 15.9 Å². The molecule has 58 valence electrons. The Balaban J connectivity index is 4.61. The van der Waals surface area contributed by atoms with Crippen molar-refractivity contribution in [2.24, 2.45) is 11.6 Å². The maximum absolute atomic E-state index is 10.3. The SMILES string of the molecule is CN(N)/C(C(=O)O)=C(\N)Br. The molecule has 0 aliphatic rings. The van der Waals surface area contributed by atoms with Crippen molar-refractivity contribution < 1.29 is 9.90 Å². The van der Waals surface area contributed by atoms with Crippen LogP contribution in [0.5, 0.6) is 0 Å². The van der Waals surface area contributed by atoms with E-state index in [0.29, 0.717) is 0 Å². The number of halogens is 1. The van der Waals surface area contributed by atoms with Crippen LogP contribution in [0.2, 0.25) is 0 Å². The summed E-state index contributed by atoms with van der Waals surface area (Å²) >= 11 is 2.80. The van der Waals surface area contributed by atoms with Crippen LogP contribution in [0, 0.1) is 0 Å². The molecule has 0 aromatic carbocycles. The number of hydrogen-bond acceptors (Lipinski definition) is 4. The smallest absolute Gasteiger partial charge is 0.356 e. The Hall–Kier alpha value is -0.750. The van der Waals surface area contributed by atoms with Gasteiger partial charge in [0.1, 0.15) is 4.61 Å². The third-order valence-corrected chi connectivity index (χ3v) is 1.16. The van der Waals surface area contributed by atoms with Gasteiger partial charge in [0.15, 0.2) is 5.70 Å². The predicted molar refractivity (Wildman–Crippen MR) is 39.7 cm³/mol. The Morgan fingerprint density at radius 2 is 2.10 bits per heavy atom. The van der Waals surface area contributed by atoms with Crippen molar-refractivity contribution in [2.45, 2.75) is 0 Å². The summed E-state index contributed by atoms with van der Waals surface area (Å²) in [6.45, 7) is 0. The number of nitrogens with two attached hydrogens (primary N) is 2. The molecule has 0 radical (unpaired) electrons. The van der Waals surface area contributed by atoms with Crippen molar-refractivity contribution in [2.75, 3.05) is 7.05 Å². The minimum Gasteiger partial charge on any atom is -0.476 e. The molecule has 10 heavy (non-hydrogen) atoms. The van der Waals surface area contributed by atoms with Gasteiger partial charge >= 0.3 is 5.97 Å². The Labute approximate surface area is 66.4 Å². The van der Waals surface area contributed by atoms with Gasteiger partial charge in [-0.25, -0.2) is 10.6 Å². The summed E-state index contributed by atoms with van der Waals surface area (Å²) in [5, 5.41) is 9.35. The zero-order valence-corrected chi connectivity index (χ0v) is 6.92. The first-order valence-corrected chi connectivity index (χ1v) is 3.13. The number of hydrazine groups is 1. The normalized spacial score (nSPS) is 12.3. The van der Waals surface area contributed by atoms with Crippen LogP contribution in [0.15, 0.2) is 10.3 Å². The molecule has 0 heterocycles. The Bertz CT molecular complexity index is 173.